The number of nitrogens with zero attached hydrogens (tertiary/aromatic N) is 1. The molecule has 0 atom stereocenters. The van der Waals surface area contributed by atoms with E-state index in [0.29, 0.717) is 12.0 Å². The summed E-state index contributed by atoms with van der Waals surface area (Å²) in [5.74, 6) is 0.675. The van der Waals surface area contributed by atoms with Crippen molar-refractivity contribution in [3.63, 3.8) is 0 Å². The first-order chi connectivity index (χ1) is 12.9. The molecule has 0 spiro atoms. The van der Waals surface area contributed by atoms with E-state index >= 15 is 0 Å². The predicted molar refractivity (Wildman–Crippen MR) is 111 cm³/mol. The Hall–Kier alpha value is -2.15. The fourth-order valence-electron chi connectivity index (χ4n) is 4.62. The van der Waals surface area contributed by atoms with E-state index < -0.39 is 0 Å². The Morgan fingerprint density at radius 3 is 2.46 bits per heavy atom. The molecule has 1 aliphatic rings. The lowest BCUT2D eigenvalue weighted by Crippen LogP contribution is -2.35. The van der Waals surface area contributed by atoms with Gasteiger partial charge >= 0.3 is 0 Å². The van der Waals surface area contributed by atoms with E-state index in [1.165, 1.54) is 64.6 Å². The molecule has 0 bridgehead atoms. The summed E-state index contributed by atoms with van der Waals surface area (Å²) >= 11 is 0. The van der Waals surface area contributed by atoms with Crippen LogP contribution in [0.2, 0.25) is 0 Å². The molecule has 26 heavy (non-hydrogen) atoms. The van der Waals surface area contributed by atoms with Crippen LogP contribution in [-0.4, -0.2) is 0 Å². The van der Waals surface area contributed by atoms with Crippen LogP contribution >= 0.6 is 0 Å². The molecule has 1 heterocycles. The van der Waals surface area contributed by atoms with Gasteiger partial charge in [-0.15, -0.1) is 0 Å². The molecule has 1 aliphatic carbocycles. The van der Waals surface area contributed by atoms with Crippen molar-refractivity contribution in [1.82, 2.24) is 0 Å². The SMILES string of the molecule is [2H]c1c(C)[n+](C)c(-c2cc(C)cc(C)c2C)c2ccc(C3CCCC3)cc12. The zero-order valence-electron chi connectivity index (χ0n) is 17.7. The molecule has 1 saturated carbocycles. The molecule has 3 aromatic rings. The fourth-order valence-corrected chi connectivity index (χ4v) is 4.62. The number of hydrogen-bond acceptors (Lipinski definition) is 0. The summed E-state index contributed by atoms with van der Waals surface area (Å²) in [6, 6.07) is 12.1. The van der Waals surface area contributed by atoms with Gasteiger partial charge in [0.2, 0.25) is 5.69 Å². The number of aryl methyl sites for hydroxylation is 2. The summed E-state index contributed by atoms with van der Waals surface area (Å²) < 4.78 is 11.0. The Bertz CT molecular complexity index is 1040. The van der Waals surface area contributed by atoms with E-state index in [1.807, 2.05) is 0 Å². The number of aromatic nitrogens is 1. The van der Waals surface area contributed by atoms with Crippen LogP contribution < -0.4 is 4.57 Å². The maximum absolute atomic E-state index is 8.77. The number of hydrogen-bond donors (Lipinski definition) is 0. The quantitative estimate of drug-likeness (QED) is 0.485. The van der Waals surface area contributed by atoms with Gasteiger partial charge in [-0.05, 0) is 73.7 Å². The lowest BCUT2D eigenvalue weighted by atomic mass is 9.91. The van der Waals surface area contributed by atoms with E-state index in [-0.39, 0.29) is 0 Å². The molecule has 2 aromatic carbocycles. The monoisotopic (exact) mass is 345 g/mol. The minimum absolute atomic E-state index is 0.665. The summed E-state index contributed by atoms with van der Waals surface area (Å²) in [5, 5.41) is 2.30. The Kier molecular flexibility index (Phi) is 4.04. The van der Waals surface area contributed by atoms with Gasteiger partial charge in [0.05, 0.1) is 12.3 Å². The highest BCUT2D eigenvalue weighted by atomic mass is 14.9. The van der Waals surface area contributed by atoms with Crippen LogP contribution in [0, 0.1) is 27.7 Å². The smallest absolute Gasteiger partial charge is 0.198 e. The van der Waals surface area contributed by atoms with Gasteiger partial charge in [0.15, 0.2) is 5.69 Å². The molecule has 4 rings (SSSR count). The van der Waals surface area contributed by atoms with Crippen LogP contribution in [0.4, 0.5) is 0 Å². The van der Waals surface area contributed by atoms with Crippen LogP contribution in [0.3, 0.4) is 0 Å². The number of benzene rings is 2. The molecule has 1 fully saturated rings. The van der Waals surface area contributed by atoms with E-state index in [9.17, 15) is 0 Å². The third-order valence-corrected chi connectivity index (χ3v) is 6.35. The van der Waals surface area contributed by atoms with Gasteiger partial charge < -0.3 is 0 Å². The molecule has 1 aromatic heterocycles. The second-order valence-corrected chi connectivity index (χ2v) is 8.16. The molecule has 0 unspecified atom stereocenters. The average molecular weight is 346 g/mol. The standard InChI is InChI=1S/C25H30N/c1-16-12-17(2)19(4)24(13-16)25-23-11-10-21(20-8-6-7-9-20)15-22(23)14-18(3)26(25)5/h10-15,20H,6-9H2,1-5H3/q+1/i14D. The summed E-state index contributed by atoms with van der Waals surface area (Å²) in [4.78, 5) is 0. The molecule has 1 heteroatoms. The number of fused-ring (bicyclic) bond motifs is 1. The van der Waals surface area contributed by atoms with Crippen molar-refractivity contribution < 1.29 is 5.94 Å². The van der Waals surface area contributed by atoms with E-state index in [2.05, 4.69) is 69.6 Å². The first-order valence-corrected chi connectivity index (χ1v) is 9.89. The highest BCUT2D eigenvalue weighted by Gasteiger charge is 2.22. The van der Waals surface area contributed by atoms with Crippen LogP contribution in [0.25, 0.3) is 22.0 Å². The summed E-state index contributed by atoms with van der Waals surface area (Å²) in [6.07, 6.45) is 5.27. The Morgan fingerprint density at radius 1 is 1.00 bits per heavy atom. The molecular weight excluding hydrogens is 314 g/mol. The van der Waals surface area contributed by atoms with Gasteiger partial charge in [-0.3, -0.25) is 0 Å². The lowest BCUT2D eigenvalue weighted by Gasteiger charge is -2.15. The Morgan fingerprint density at radius 2 is 1.73 bits per heavy atom. The molecule has 1 nitrogen and oxygen atoms in total. The van der Waals surface area contributed by atoms with Crippen molar-refractivity contribution in [2.45, 2.75) is 59.3 Å². The van der Waals surface area contributed by atoms with Crippen molar-refractivity contribution in [2.24, 2.45) is 7.05 Å². The third kappa shape index (κ3) is 2.84. The number of pyridine rings is 1. The van der Waals surface area contributed by atoms with Crippen LogP contribution in [-0.2, 0) is 7.05 Å². The molecule has 134 valence electrons. The molecule has 0 aliphatic heterocycles. The summed E-state index contributed by atoms with van der Waals surface area (Å²) in [5.41, 5.74) is 8.92. The van der Waals surface area contributed by atoms with Gasteiger partial charge in [-0.25, -0.2) is 0 Å². The third-order valence-electron chi connectivity index (χ3n) is 6.35. The van der Waals surface area contributed by atoms with Crippen LogP contribution in [0.5, 0.6) is 0 Å². The first-order valence-electron chi connectivity index (χ1n) is 10.4. The largest absolute Gasteiger partial charge is 0.220 e. The van der Waals surface area contributed by atoms with Crippen LogP contribution in [0.1, 0.15) is 60.9 Å². The highest BCUT2D eigenvalue weighted by Crippen LogP contribution is 2.37. The topological polar surface area (TPSA) is 3.88 Å². The zero-order chi connectivity index (χ0) is 19.3. The van der Waals surface area contributed by atoms with Crippen molar-refractivity contribution in [2.75, 3.05) is 0 Å². The van der Waals surface area contributed by atoms with Gasteiger partial charge in [0, 0.05) is 13.0 Å². The molecule has 0 amide bonds. The lowest BCUT2D eigenvalue weighted by molar-refractivity contribution is -0.665. The van der Waals surface area contributed by atoms with Gasteiger partial charge in [-0.1, -0.05) is 36.6 Å². The van der Waals surface area contributed by atoms with Crippen molar-refractivity contribution in [1.29, 1.82) is 0 Å². The first kappa shape index (κ1) is 16.1. The second kappa shape index (κ2) is 6.54. The van der Waals surface area contributed by atoms with E-state index in [0.717, 1.165) is 11.1 Å². The summed E-state index contributed by atoms with van der Waals surface area (Å²) in [6.45, 7) is 8.65. The zero-order valence-corrected chi connectivity index (χ0v) is 16.7. The second-order valence-electron chi connectivity index (χ2n) is 8.16. The maximum atomic E-state index is 8.77. The normalized spacial score (nSPS) is 15.7. The number of rotatable bonds is 2. The molecule has 0 saturated heterocycles. The van der Waals surface area contributed by atoms with Crippen molar-refractivity contribution in [3.05, 3.63) is 64.3 Å². The Labute approximate surface area is 159 Å². The summed E-state index contributed by atoms with van der Waals surface area (Å²) in [7, 11) is 2.10. The van der Waals surface area contributed by atoms with Crippen LogP contribution in [0.15, 0.2) is 36.4 Å². The predicted octanol–water partition coefficient (Wildman–Crippen LogP) is 6.22. The molecular formula is C25H30N+. The highest BCUT2D eigenvalue weighted by molar-refractivity contribution is 5.94. The van der Waals surface area contributed by atoms with Gasteiger partial charge in [0.1, 0.15) is 7.05 Å². The van der Waals surface area contributed by atoms with Gasteiger partial charge in [-0.2, -0.15) is 4.57 Å². The molecule has 0 radical (unpaired) electrons. The minimum atomic E-state index is 0.665. The maximum Gasteiger partial charge on any atom is 0.220 e. The average Bonchev–Trinajstić information content (AvgIpc) is 3.18. The Balaban J connectivity index is 2.03. The van der Waals surface area contributed by atoms with Crippen molar-refractivity contribution in [3.8, 4) is 11.3 Å². The van der Waals surface area contributed by atoms with E-state index in [4.69, 9.17) is 1.37 Å². The van der Waals surface area contributed by atoms with E-state index in [1.54, 1.807) is 0 Å². The minimum Gasteiger partial charge on any atom is -0.198 e. The fraction of sp³-hybridized carbons (Fsp3) is 0.400. The molecule has 0 N–H and O–H groups in total. The van der Waals surface area contributed by atoms with Crippen molar-refractivity contribution >= 4 is 10.8 Å². The van der Waals surface area contributed by atoms with Gasteiger partial charge in [0.25, 0.3) is 0 Å².